The van der Waals surface area contributed by atoms with Gasteiger partial charge in [0.2, 0.25) is 5.91 Å². The van der Waals surface area contributed by atoms with Crippen LogP contribution < -0.4 is 10.1 Å². The minimum atomic E-state index is -0.144. The maximum atomic E-state index is 12.9. The first kappa shape index (κ1) is 19.0. The van der Waals surface area contributed by atoms with E-state index in [1.807, 2.05) is 78.2 Å². The van der Waals surface area contributed by atoms with E-state index in [1.165, 1.54) is 0 Å². The van der Waals surface area contributed by atoms with E-state index in [0.29, 0.717) is 16.5 Å². The molecule has 0 saturated carbocycles. The summed E-state index contributed by atoms with van der Waals surface area (Å²) in [5.74, 6) is 0.481. The van der Waals surface area contributed by atoms with Gasteiger partial charge in [-0.1, -0.05) is 35.9 Å². The maximum absolute atomic E-state index is 12.9. The van der Waals surface area contributed by atoms with E-state index in [2.05, 4.69) is 5.32 Å². The van der Waals surface area contributed by atoms with Crippen molar-refractivity contribution in [1.82, 2.24) is 9.38 Å². The number of amides is 1. The molecule has 0 radical (unpaired) electrons. The number of pyridine rings is 1. The number of halogens is 1. The van der Waals surface area contributed by atoms with Crippen LogP contribution in [0.2, 0.25) is 5.02 Å². The van der Waals surface area contributed by atoms with Crippen molar-refractivity contribution in [3.8, 4) is 17.0 Å². The molecule has 0 aliphatic carbocycles. The zero-order chi connectivity index (χ0) is 20.4. The Kier molecular flexibility index (Phi) is 5.23. The molecule has 0 spiro atoms. The monoisotopic (exact) mass is 405 g/mol. The lowest BCUT2D eigenvalue weighted by Crippen LogP contribution is -2.16. The third-order valence-corrected chi connectivity index (χ3v) is 4.96. The lowest BCUT2D eigenvalue weighted by molar-refractivity contribution is -0.115. The lowest BCUT2D eigenvalue weighted by atomic mass is 10.1. The Bertz CT molecular complexity index is 1180. The van der Waals surface area contributed by atoms with Crippen molar-refractivity contribution in [2.75, 3.05) is 12.4 Å². The highest BCUT2D eigenvalue weighted by molar-refractivity contribution is 6.30. The summed E-state index contributed by atoms with van der Waals surface area (Å²) in [6.07, 6.45) is 2.08. The lowest BCUT2D eigenvalue weighted by Gasteiger charge is -2.11. The molecular formula is C23H20ClN3O2. The molecule has 6 heteroatoms. The van der Waals surface area contributed by atoms with Gasteiger partial charge in [-0.2, -0.15) is 0 Å². The molecule has 0 aliphatic heterocycles. The van der Waals surface area contributed by atoms with Crippen LogP contribution in [-0.2, 0) is 11.2 Å². The Morgan fingerprint density at radius 3 is 2.69 bits per heavy atom. The number of carbonyl (C=O) groups is 1. The molecule has 146 valence electrons. The number of aromatic nitrogens is 2. The van der Waals surface area contributed by atoms with Crippen LogP contribution in [0.3, 0.4) is 0 Å². The molecule has 0 bridgehead atoms. The first-order chi connectivity index (χ1) is 14.0. The second-order valence-electron chi connectivity index (χ2n) is 6.77. The number of nitrogens with one attached hydrogen (secondary N) is 1. The number of ether oxygens (including phenoxy) is 1. The van der Waals surface area contributed by atoms with E-state index in [0.717, 1.165) is 28.2 Å². The van der Waals surface area contributed by atoms with E-state index in [-0.39, 0.29) is 12.3 Å². The first-order valence-corrected chi connectivity index (χ1v) is 9.59. The number of nitrogens with zero attached hydrogens (tertiary/aromatic N) is 2. The van der Waals surface area contributed by atoms with Gasteiger partial charge in [0.15, 0.2) is 0 Å². The summed E-state index contributed by atoms with van der Waals surface area (Å²) in [7, 11) is 1.59. The Morgan fingerprint density at radius 2 is 1.93 bits per heavy atom. The normalized spacial score (nSPS) is 10.9. The second kappa shape index (κ2) is 7.97. The van der Waals surface area contributed by atoms with Gasteiger partial charge < -0.3 is 14.5 Å². The molecule has 5 nitrogen and oxygen atoms in total. The summed E-state index contributed by atoms with van der Waals surface area (Å²) >= 11 is 6.03. The van der Waals surface area contributed by atoms with Crippen LogP contribution in [0.5, 0.6) is 5.75 Å². The first-order valence-electron chi connectivity index (χ1n) is 9.21. The highest BCUT2D eigenvalue weighted by Crippen LogP contribution is 2.28. The van der Waals surface area contributed by atoms with Gasteiger partial charge in [-0.15, -0.1) is 0 Å². The van der Waals surface area contributed by atoms with Crippen molar-refractivity contribution in [3.05, 3.63) is 83.1 Å². The van der Waals surface area contributed by atoms with Crippen LogP contribution in [0.1, 0.15) is 11.3 Å². The van der Waals surface area contributed by atoms with Gasteiger partial charge in [0.1, 0.15) is 11.4 Å². The molecule has 2 heterocycles. The van der Waals surface area contributed by atoms with Crippen molar-refractivity contribution in [2.45, 2.75) is 13.3 Å². The van der Waals surface area contributed by atoms with Gasteiger partial charge >= 0.3 is 0 Å². The van der Waals surface area contributed by atoms with E-state index < -0.39 is 0 Å². The van der Waals surface area contributed by atoms with E-state index in [4.69, 9.17) is 21.3 Å². The Balaban J connectivity index is 1.70. The molecule has 0 saturated heterocycles. The van der Waals surface area contributed by atoms with Crippen LogP contribution in [0.4, 0.5) is 5.69 Å². The van der Waals surface area contributed by atoms with Gasteiger partial charge in [0.05, 0.1) is 30.6 Å². The standard InChI is InChI=1S/C23H20ClN3O2/c1-15-6-11-20(29-2)18(13-15)25-22(28)14-19-23(16-7-9-17(24)10-8-16)26-21-5-3-4-12-27(19)21/h3-13H,14H2,1-2H3,(H,25,28). The number of methoxy groups -OCH3 is 1. The molecule has 2 aromatic heterocycles. The fraction of sp³-hybridized carbons (Fsp3) is 0.130. The Labute approximate surface area is 173 Å². The zero-order valence-corrected chi connectivity index (χ0v) is 16.9. The Hall–Kier alpha value is -3.31. The van der Waals surface area contributed by atoms with Crippen molar-refractivity contribution in [2.24, 2.45) is 0 Å². The largest absolute Gasteiger partial charge is 0.495 e. The van der Waals surface area contributed by atoms with Crippen molar-refractivity contribution in [3.63, 3.8) is 0 Å². The van der Waals surface area contributed by atoms with E-state index in [1.54, 1.807) is 7.11 Å². The third kappa shape index (κ3) is 3.96. The molecule has 1 N–H and O–H groups in total. The molecule has 0 aliphatic rings. The number of aryl methyl sites for hydroxylation is 1. The van der Waals surface area contributed by atoms with Crippen LogP contribution in [0, 0.1) is 6.92 Å². The van der Waals surface area contributed by atoms with Crippen molar-refractivity contribution >= 4 is 28.8 Å². The minimum absolute atomic E-state index is 0.144. The summed E-state index contributed by atoms with van der Waals surface area (Å²) in [6.45, 7) is 1.97. The van der Waals surface area contributed by atoms with Gasteiger partial charge in [0.25, 0.3) is 0 Å². The molecule has 4 aromatic rings. The minimum Gasteiger partial charge on any atom is -0.495 e. The number of hydrogen-bond donors (Lipinski definition) is 1. The van der Waals surface area contributed by atoms with Crippen molar-refractivity contribution in [1.29, 1.82) is 0 Å². The number of hydrogen-bond acceptors (Lipinski definition) is 3. The molecule has 0 fully saturated rings. The summed E-state index contributed by atoms with van der Waals surface area (Å²) in [4.78, 5) is 17.6. The smallest absolute Gasteiger partial charge is 0.230 e. The zero-order valence-electron chi connectivity index (χ0n) is 16.1. The number of anilines is 1. The third-order valence-electron chi connectivity index (χ3n) is 4.70. The maximum Gasteiger partial charge on any atom is 0.230 e. The topological polar surface area (TPSA) is 55.6 Å². The number of fused-ring (bicyclic) bond motifs is 1. The highest BCUT2D eigenvalue weighted by atomic mass is 35.5. The summed E-state index contributed by atoms with van der Waals surface area (Å²) in [5, 5.41) is 3.62. The van der Waals surface area contributed by atoms with Gasteiger partial charge in [-0.3, -0.25) is 4.79 Å². The second-order valence-corrected chi connectivity index (χ2v) is 7.21. The molecular weight excluding hydrogens is 386 g/mol. The number of imidazole rings is 1. The quantitative estimate of drug-likeness (QED) is 0.499. The summed E-state index contributed by atoms with van der Waals surface area (Å²) in [5.41, 5.74) is 4.96. The fourth-order valence-corrected chi connectivity index (χ4v) is 3.45. The summed E-state index contributed by atoms with van der Waals surface area (Å²) < 4.78 is 7.31. The predicted octanol–water partition coefficient (Wildman–Crippen LogP) is 5.15. The average Bonchev–Trinajstić information content (AvgIpc) is 3.07. The summed E-state index contributed by atoms with van der Waals surface area (Å²) in [6, 6.07) is 18.9. The number of benzene rings is 2. The van der Waals surface area contributed by atoms with Gasteiger partial charge in [0, 0.05) is 16.8 Å². The molecule has 29 heavy (non-hydrogen) atoms. The molecule has 0 atom stereocenters. The Morgan fingerprint density at radius 1 is 1.14 bits per heavy atom. The van der Waals surface area contributed by atoms with E-state index >= 15 is 0 Å². The number of carbonyl (C=O) groups excluding carboxylic acids is 1. The van der Waals surface area contributed by atoms with Crippen LogP contribution in [0.15, 0.2) is 66.9 Å². The molecule has 4 rings (SSSR count). The number of rotatable bonds is 5. The van der Waals surface area contributed by atoms with E-state index in [9.17, 15) is 4.79 Å². The van der Waals surface area contributed by atoms with Crippen LogP contribution >= 0.6 is 11.6 Å². The molecule has 0 unspecified atom stereocenters. The van der Waals surface area contributed by atoms with Gasteiger partial charge in [-0.25, -0.2) is 4.98 Å². The van der Waals surface area contributed by atoms with Gasteiger partial charge in [-0.05, 0) is 48.9 Å². The molecule has 2 aromatic carbocycles. The fourth-order valence-electron chi connectivity index (χ4n) is 3.32. The predicted molar refractivity (Wildman–Crippen MR) is 116 cm³/mol. The van der Waals surface area contributed by atoms with Crippen LogP contribution in [-0.4, -0.2) is 22.4 Å². The van der Waals surface area contributed by atoms with Crippen LogP contribution in [0.25, 0.3) is 16.9 Å². The van der Waals surface area contributed by atoms with Crippen molar-refractivity contribution < 1.29 is 9.53 Å². The molecule has 1 amide bonds. The average molecular weight is 406 g/mol. The highest BCUT2D eigenvalue weighted by Gasteiger charge is 2.18. The SMILES string of the molecule is COc1ccc(C)cc1NC(=O)Cc1c(-c2ccc(Cl)cc2)nc2ccccn12.